The van der Waals surface area contributed by atoms with Crippen LogP contribution >= 0.6 is 0 Å². The molecule has 0 heterocycles. The lowest BCUT2D eigenvalue weighted by Gasteiger charge is -2.21. The van der Waals surface area contributed by atoms with Gasteiger partial charge in [0.15, 0.2) is 11.6 Å². The molecule has 0 unspecified atom stereocenters. The molecule has 1 amide bonds. The third-order valence-corrected chi connectivity index (χ3v) is 2.76. The van der Waals surface area contributed by atoms with Gasteiger partial charge in [-0.25, -0.2) is 4.39 Å². The molecule has 5 heteroatoms. The van der Waals surface area contributed by atoms with Crippen LogP contribution in [0.2, 0.25) is 0 Å². The Labute approximate surface area is 107 Å². The van der Waals surface area contributed by atoms with Crippen molar-refractivity contribution in [3.05, 3.63) is 24.0 Å². The highest BCUT2D eigenvalue weighted by Gasteiger charge is 2.11. The average Bonchev–Trinajstić information content (AvgIpc) is 2.35. The number of carbonyl (C=O) groups excluding carboxylic acids is 1. The number of likely N-dealkylation sites (N-methyl/N-ethyl adjacent to an activating group) is 1. The van der Waals surface area contributed by atoms with Gasteiger partial charge in [-0.3, -0.25) is 4.79 Å². The zero-order chi connectivity index (χ0) is 13.7. The molecule has 1 N–H and O–H groups in total. The van der Waals surface area contributed by atoms with Gasteiger partial charge in [0.1, 0.15) is 0 Å². The van der Waals surface area contributed by atoms with Gasteiger partial charge >= 0.3 is 0 Å². The molecule has 1 aromatic carbocycles. The van der Waals surface area contributed by atoms with Crippen molar-refractivity contribution in [1.82, 2.24) is 4.90 Å². The van der Waals surface area contributed by atoms with Gasteiger partial charge in [-0.2, -0.15) is 0 Å². The third kappa shape index (κ3) is 3.61. The highest BCUT2D eigenvalue weighted by atomic mass is 19.1. The molecular formula is C13H19FN2O2. The number of benzene rings is 1. The quantitative estimate of drug-likeness (QED) is 0.875. The Kier molecular flexibility index (Phi) is 4.95. The van der Waals surface area contributed by atoms with E-state index in [-0.39, 0.29) is 24.2 Å². The van der Waals surface area contributed by atoms with Gasteiger partial charge in [-0.1, -0.05) is 0 Å². The summed E-state index contributed by atoms with van der Waals surface area (Å²) in [5.74, 6) is -0.306. The largest absolute Gasteiger partial charge is 0.494 e. The van der Waals surface area contributed by atoms with Crippen LogP contribution in [-0.2, 0) is 4.79 Å². The molecular weight excluding hydrogens is 235 g/mol. The topological polar surface area (TPSA) is 41.6 Å². The van der Waals surface area contributed by atoms with E-state index in [1.54, 1.807) is 18.0 Å². The fourth-order valence-corrected chi connectivity index (χ4v) is 1.37. The second-order valence-corrected chi connectivity index (χ2v) is 4.30. The summed E-state index contributed by atoms with van der Waals surface area (Å²) >= 11 is 0. The Morgan fingerprint density at radius 2 is 2.17 bits per heavy atom. The Balaban J connectivity index is 2.59. The van der Waals surface area contributed by atoms with Gasteiger partial charge in [0.25, 0.3) is 0 Å². The lowest BCUT2D eigenvalue weighted by atomic mass is 10.3. The molecule has 18 heavy (non-hydrogen) atoms. The Bertz CT molecular complexity index is 421. The normalized spacial score (nSPS) is 10.3. The minimum absolute atomic E-state index is 0.0405. The van der Waals surface area contributed by atoms with Crippen molar-refractivity contribution >= 4 is 11.6 Å². The molecule has 4 nitrogen and oxygen atoms in total. The van der Waals surface area contributed by atoms with Crippen LogP contribution in [0.25, 0.3) is 0 Å². The van der Waals surface area contributed by atoms with Crippen LogP contribution in [0.4, 0.5) is 10.1 Å². The molecule has 0 spiro atoms. The monoisotopic (exact) mass is 254 g/mol. The van der Waals surface area contributed by atoms with Crippen LogP contribution in [0.15, 0.2) is 18.2 Å². The number of rotatable bonds is 5. The zero-order valence-electron chi connectivity index (χ0n) is 11.2. The summed E-state index contributed by atoms with van der Waals surface area (Å²) in [5, 5.41) is 2.89. The van der Waals surface area contributed by atoms with Crippen molar-refractivity contribution in [2.45, 2.75) is 19.9 Å². The van der Waals surface area contributed by atoms with E-state index in [4.69, 9.17) is 4.74 Å². The van der Waals surface area contributed by atoms with E-state index in [0.29, 0.717) is 5.69 Å². The van der Waals surface area contributed by atoms with Crippen molar-refractivity contribution in [2.75, 3.05) is 26.0 Å². The predicted molar refractivity (Wildman–Crippen MR) is 69.3 cm³/mol. The summed E-state index contributed by atoms with van der Waals surface area (Å²) in [7, 11) is 3.15. The highest BCUT2D eigenvalue weighted by molar-refractivity contribution is 5.80. The molecule has 1 rings (SSSR count). The van der Waals surface area contributed by atoms with Gasteiger partial charge < -0.3 is 15.0 Å². The molecule has 0 radical (unpaired) electrons. The Morgan fingerprint density at radius 1 is 1.50 bits per heavy atom. The second-order valence-electron chi connectivity index (χ2n) is 4.30. The summed E-state index contributed by atoms with van der Waals surface area (Å²) < 4.78 is 18.2. The summed E-state index contributed by atoms with van der Waals surface area (Å²) in [6.45, 7) is 4.01. The van der Waals surface area contributed by atoms with Gasteiger partial charge in [0.2, 0.25) is 5.91 Å². The van der Waals surface area contributed by atoms with E-state index >= 15 is 0 Å². The van der Waals surface area contributed by atoms with E-state index in [2.05, 4.69) is 5.32 Å². The number of ether oxygens (including phenoxy) is 1. The van der Waals surface area contributed by atoms with Crippen molar-refractivity contribution in [1.29, 1.82) is 0 Å². The first-order valence-corrected chi connectivity index (χ1v) is 5.78. The van der Waals surface area contributed by atoms with Crippen LogP contribution in [0.1, 0.15) is 13.8 Å². The van der Waals surface area contributed by atoms with Gasteiger partial charge in [-0.05, 0) is 26.0 Å². The average molecular weight is 254 g/mol. The standard InChI is InChI=1S/C13H19FN2O2/c1-9(2)16(3)13(17)8-15-10-5-6-12(18-4)11(14)7-10/h5-7,9,15H,8H2,1-4H3. The number of hydrogen-bond acceptors (Lipinski definition) is 3. The number of hydrogen-bond donors (Lipinski definition) is 1. The highest BCUT2D eigenvalue weighted by Crippen LogP contribution is 2.20. The fourth-order valence-electron chi connectivity index (χ4n) is 1.37. The lowest BCUT2D eigenvalue weighted by molar-refractivity contribution is -0.129. The van der Waals surface area contributed by atoms with E-state index in [0.717, 1.165) is 0 Å². The summed E-state index contributed by atoms with van der Waals surface area (Å²) in [6, 6.07) is 4.65. The number of amides is 1. The molecule has 1 aromatic rings. The first kappa shape index (κ1) is 14.3. The number of anilines is 1. The first-order valence-electron chi connectivity index (χ1n) is 5.78. The minimum Gasteiger partial charge on any atom is -0.494 e. The van der Waals surface area contributed by atoms with Crippen LogP contribution < -0.4 is 10.1 Å². The smallest absolute Gasteiger partial charge is 0.241 e. The maximum atomic E-state index is 13.4. The molecule has 0 aliphatic rings. The van der Waals surface area contributed by atoms with Crippen LogP contribution in [-0.4, -0.2) is 37.6 Å². The molecule has 0 saturated heterocycles. The molecule has 0 aliphatic heterocycles. The molecule has 0 saturated carbocycles. The summed E-state index contributed by atoms with van der Waals surface area (Å²) in [4.78, 5) is 13.3. The van der Waals surface area contributed by atoms with Crippen LogP contribution in [0.5, 0.6) is 5.75 Å². The lowest BCUT2D eigenvalue weighted by Crippen LogP contribution is -2.37. The van der Waals surface area contributed by atoms with E-state index in [1.165, 1.54) is 19.2 Å². The van der Waals surface area contributed by atoms with Crippen molar-refractivity contribution in [3.63, 3.8) is 0 Å². The second kappa shape index (κ2) is 6.23. The Hall–Kier alpha value is -1.78. The van der Waals surface area contributed by atoms with E-state index < -0.39 is 5.82 Å². The van der Waals surface area contributed by atoms with Crippen LogP contribution in [0, 0.1) is 5.82 Å². The van der Waals surface area contributed by atoms with Gasteiger partial charge in [-0.15, -0.1) is 0 Å². The number of nitrogens with zero attached hydrogens (tertiary/aromatic N) is 1. The molecule has 0 bridgehead atoms. The van der Waals surface area contributed by atoms with E-state index in [1.807, 2.05) is 13.8 Å². The number of carbonyl (C=O) groups is 1. The molecule has 0 aromatic heterocycles. The summed E-state index contributed by atoms with van der Waals surface area (Å²) in [6.07, 6.45) is 0. The summed E-state index contributed by atoms with van der Waals surface area (Å²) in [5.41, 5.74) is 0.554. The van der Waals surface area contributed by atoms with Crippen molar-refractivity contribution in [3.8, 4) is 5.75 Å². The fraction of sp³-hybridized carbons (Fsp3) is 0.462. The van der Waals surface area contributed by atoms with Crippen molar-refractivity contribution in [2.24, 2.45) is 0 Å². The Morgan fingerprint density at radius 3 is 2.67 bits per heavy atom. The molecule has 100 valence electrons. The maximum Gasteiger partial charge on any atom is 0.241 e. The van der Waals surface area contributed by atoms with Gasteiger partial charge in [0.05, 0.1) is 13.7 Å². The maximum absolute atomic E-state index is 13.4. The number of halogens is 1. The minimum atomic E-state index is -0.452. The van der Waals surface area contributed by atoms with Gasteiger partial charge in [0, 0.05) is 24.8 Å². The molecule has 0 aliphatic carbocycles. The molecule has 0 atom stereocenters. The SMILES string of the molecule is COc1ccc(NCC(=O)N(C)C(C)C)cc1F. The van der Waals surface area contributed by atoms with Crippen molar-refractivity contribution < 1.29 is 13.9 Å². The number of nitrogens with one attached hydrogen (secondary N) is 1. The first-order chi connectivity index (χ1) is 8.45. The number of methoxy groups -OCH3 is 1. The van der Waals surface area contributed by atoms with E-state index in [9.17, 15) is 9.18 Å². The van der Waals surface area contributed by atoms with Crippen LogP contribution in [0.3, 0.4) is 0 Å². The third-order valence-electron chi connectivity index (χ3n) is 2.76. The zero-order valence-corrected chi connectivity index (χ0v) is 11.2. The molecule has 0 fully saturated rings. The predicted octanol–water partition coefficient (Wildman–Crippen LogP) is 2.11.